The first-order chi connectivity index (χ1) is 12.2. The molecule has 0 spiro atoms. The molecule has 0 radical (unpaired) electrons. The van der Waals surface area contributed by atoms with E-state index in [9.17, 15) is 5.11 Å². The smallest absolute Gasteiger partial charge is 0.163 e. The maximum Gasteiger partial charge on any atom is 0.163 e. The van der Waals surface area contributed by atoms with Crippen LogP contribution >= 0.6 is 0 Å². The van der Waals surface area contributed by atoms with E-state index in [2.05, 4.69) is 10.1 Å². The summed E-state index contributed by atoms with van der Waals surface area (Å²) in [6.07, 6.45) is 3.27. The fourth-order valence-electron chi connectivity index (χ4n) is 3.07. The van der Waals surface area contributed by atoms with Gasteiger partial charge in [-0.3, -0.25) is 0 Å². The van der Waals surface area contributed by atoms with Crippen molar-refractivity contribution >= 4 is 0 Å². The number of hydrogen-bond acceptors (Lipinski definition) is 6. The number of aliphatic hydroxyl groups is 1. The number of likely N-dealkylation sites (tertiary alicyclic amines) is 1. The molecule has 1 aromatic carbocycles. The average Bonchev–Trinajstić information content (AvgIpc) is 3.11. The highest BCUT2D eigenvalue weighted by atomic mass is 16.5. The third-order valence-electron chi connectivity index (χ3n) is 4.42. The van der Waals surface area contributed by atoms with Gasteiger partial charge in [0.25, 0.3) is 0 Å². The van der Waals surface area contributed by atoms with Gasteiger partial charge in [0.15, 0.2) is 5.76 Å². The normalized spacial score (nSPS) is 16.7. The lowest BCUT2D eigenvalue weighted by Crippen LogP contribution is -2.38. The predicted octanol–water partition coefficient (Wildman–Crippen LogP) is 2.71. The third kappa shape index (κ3) is 5.29. The van der Waals surface area contributed by atoms with Gasteiger partial charge in [0.05, 0.1) is 19.8 Å². The number of piperidine rings is 1. The van der Waals surface area contributed by atoms with Crippen molar-refractivity contribution in [3.8, 4) is 17.0 Å². The third-order valence-corrected chi connectivity index (χ3v) is 4.42. The fourth-order valence-corrected chi connectivity index (χ4v) is 3.07. The lowest BCUT2D eigenvalue weighted by molar-refractivity contribution is 0.00137. The molecule has 2 aromatic rings. The van der Waals surface area contributed by atoms with Gasteiger partial charge in [-0.25, -0.2) is 0 Å². The minimum atomic E-state index is -0.470. The van der Waals surface area contributed by atoms with E-state index in [0.717, 1.165) is 30.1 Å². The van der Waals surface area contributed by atoms with Gasteiger partial charge in [-0.1, -0.05) is 11.6 Å². The molecule has 6 nitrogen and oxygen atoms in total. The van der Waals surface area contributed by atoms with E-state index in [0.29, 0.717) is 25.5 Å². The van der Waals surface area contributed by atoms with Crippen LogP contribution in [0.2, 0.25) is 0 Å². The summed E-state index contributed by atoms with van der Waals surface area (Å²) in [5.74, 6) is 1.45. The Morgan fingerprint density at radius 2 is 1.96 bits per heavy atom. The quantitative estimate of drug-likeness (QED) is 0.793. The van der Waals surface area contributed by atoms with E-state index >= 15 is 0 Å². The van der Waals surface area contributed by atoms with Crippen LogP contribution < -0.4 is 4.74 Å². The molecule has 1 aliphatic rings. The van der Waals surface area contributed by atoms with Gasteiger partial charge in [0, 0.05) is 18.2 Å². The second-order valence-corrected chi connectivity index (χ2v) is 6.44. The Morgan fingerprint density at radius 3 is 2.68 bits per heavy atom. The Hall–Kier alpha value is -1.89. The summed E-state index contributed by atoms with van der Waals surface area (Å²) in [5, 5.41) is 14.2. The minimum Gasteiger partial charge on any atom is -0.497 e. The Kier molecular flexibility index (Phi) is 6.44. The number of aliphatic hydroxyl groups excluding tert-OH is 1. The molecule has 0 bridgehead atoms. The highest BCUT2D eigenvalue weighted by Crippen LogP contribution is 2.22. The molecule has 2 heterocycles. The Balaban J connectivity index is 1.43. The van der Waals surface area contributed by atoms with Crippen LogP contribution in [-0.4, -0.2) is 54.6 Å². The molecular formula is C19H26N2O4. The van der Waals surface area contributed by atoms with Crippen molar-refractivity contribution in [3.63, 3.8) is 0 Å². The second kappa shape index (κ2) is 8.99. The molecule has 25 heavy (non-hydrogen) atoms. The highest BCUT2D eigenvalue weighted by Gasteiger charge is 2.15. The first kappa shape index (κ1) is 17.9. The van der Waals surface area contributed by atoms with Crippen molar-refractivity contribution < 1.29 is 19.1 Å². The van der Waals surface area contributed by atoms with Crippen LogP contribution in [0.3, 0.4) is 0 Å². The summed E-state index contributed by atoms with van der Waals surface area (Å²) >= 11 is 0. The summed E-state index contributed by atoms with van der Waals surface area (Å²) in [6.45, 7) is 3.43. The highest BCUT2D eigenvalue weighted by molar-refractivity contribution is 5.59. The zero-order chi connectivity index (χ0) is 17.5. The maximum absolute atomic E-state index is 10.1. The van der Waals surface area contributed by atoms with Crippen molar-refractivity contribution in [2.75, 3.05) is 33.4 Å². The van der Waals surface area contributed by atoms with E-state index in [1.165, 1.54) is 19.3 Å². The van der Waals surface area contributed by atoms with Crippen molar-refractivity contribution in [1.29, 1.82) is 0 Å². The molecule has 1 fully saturated rings. The van der Waals surface area contributed by atoms with Gasteiger partial charge >= 0.3 is 0 Å². The van der Waals surface area contributed by atoms with Gasteiger partial charge in [0.1, 0.15) is 18.1 Å². The lowest BCUT2D eigenvalue weighted by atomic mass is 10.1. The number of ether oxygens (including phenoxy) is 2. The molecule has 1 N–H and O–H groups in total. The molecule has 0 aliphatic carbocycles. The Labute approximate surface area is 148 Å². The zero-order valence-corrected chi connectivity index (χ0v) is 14.7. The second-order valence-electron chi connectivity index (χ2n) is 6.44. The Morgan fingerprint density at radius 1 is 1.20 bits per heavy atom. The van der Waals surface area contributed by atoms with Crippen molar-refractivity contribution in [2.45, 2.75) is 32.0 Å². The fraction of sp³-hybridized carbons (Fsp3) is 0.526. The number of nitrogens with zero attached hydrogens (tertiary/aromatic N) is 2. The molecule has 136 valence electrons. The maximum atomic E-state index is 10.1. The zero-order valence-electron chi connectivity index (χ0n) is 14.7. The number of β-amino-alcohol motifs (C(OH)–C–C–N with tert-alkyl or cyclic N) is 1. The number of benzene rings is 1. The first-order valence-corrected chi connectivity index (χ1v) is 8.83. The molecule has 1 unspecified atom stereocenters. The van der Waals surface area contributed by atoms with Crippen LogP contribution in [-0.2, 0) is 11.3 Å². The van der Waals surface area contributed by atoms with Crippen LogP contribution in [0.1, 0.15) is 25.0 Å². The first-order valence-electron chi connectivity index (χ1n) is 8.83. The molecule has 0 amide bonds. The molecule has 1 aromatic heterocycles. The van der Waals surface area contributed by atoms with Crippen LogP contribution in [0, 0.1) is 0 Å². The summed E-state index contributed by atoms with van der Waals surface area (Å²) < 4.78 is 16.0. The lowest BCUT2D eigenvalue weighted by Gasteiger charge is -2.28. The van der Waals surface area contributed by atoms with E-state index in [4.69, 9.17) is 14.0 Å². The van der Waals surface area contributed by atoms with Crippen molar-refractivity contribution in [3.05, 3.63) is 36.1 Å². The van der Waals surface area contributed by atoms with E-state index in [1.54, 1.807) is 7.11 Å². The van der Waals surface area contributed by atoms with Gasteiger partial charge in [-0.05, 0) is 50.2 Å². The molecule has 1 saturated heterocycles. The van der Waals surface area contributed by atoms with E-state index in [1.807, 2.05) is 30.3 Å². The molecule has 0 saturated carbocycles. The molecule has 3 rings (SSSR count). The van der Waals surface area contributed by atoms with Crippen LogP contribution in [0.25, 0.3) is 11.3 Å². The molecular weight excluding hydrogens is 320 g/mol. The van der Waals surface area contributed by atoms with Crippen molar-refractivity contribution in [2.24, 2.45) is 0 Å². The van der Waals surface area contributed by atoms with Crippen LogP contribution in [0.4, 0.5) is 0 Å². The summed E-state index contributed by atoms with van der Waals surface area (Å²) in [6, 6.07) is 9.50. The van der Waals surface area contributed by atoms with Gasteiger partial charge in [0.2, 0.25) is 0 Å². The van der Waals surface area contributed by atoms with E-state index in [-0.39, 0.29) is 0 Å². The summed E-state index contributed by atoms with van der Waals surface area (Å²) in [4.78, 5) is 2.30. The minimum absolute atomic E-state index is 0.301. The number of hydrogen-bond donors (Lipinski definition) is 1. The van der Waals surface area contributed by atoms with Crippen LogP contribution in [0.15, 0.2) is 34.9 Å². The number of aromatic nitrogens is 1. The monoisotopic (exact) mass is 346 g/mol. The molecule has 6 heteroatoms. The average molecular weight is 346 g/mol. The largest absolute Gasteiger partial charge is 0.497 e. The molecule has 1 aliphatic heterocycles. The van der Waals surface area contributed by atoms with E-state index < -0.39 is 6.10 Å². The topological polar surface area (TPSA) is 68.0 Å². The molecule has 1 atom stereocenters. The summed E-state index contributed by atoms with van der Waals surface area (Å²) in [5.41, 5.74) is 1.72. The van der Waals surface area contributed by atoms with Gasteiger partial charge in [-0.15, -0.1) is 0 Å². The van der Waals surface area contributed by atoms with Gasteiger partial charge < -0.3 is 24.0 Å². The van der Waals surface area contributed by atoms with Gasteiger partial charge in [-0.2, -0.15) is 0 Å². The number of methoxy groups -OCH3 is 1. The van der Waals surface area contributed by atoms with Crippen LogP contribution in [0.5, 0.6) is 5.75 Å². The number of rotatable bonds is 8. The predicted molar refractivity (Wildman–Crippen MR) is 94.4 cm³/mol. The summed E-state index contributed by atoms with van der Waals surface area (Å²) in [7, 11) is 1.64. The standard InChI is InChI=1S/C19H26N2O4/c1-23-17-7-5-15(6-8-17)19-11-18(25-20-19)14-24-13-16(22)12-21-9-3-2-4-10-21/h5-8,11,16,22H,2-4,9-10,12-14H2,1H3. The Bertz CT molecular complexity index is 635. The SMILES string of the molecule is COc1ccc(-c2cc(COCC(O)CN3CCCCC3)on2)cc1. The van der Waals surface area contributed by atoms with Crippen molar-refractivity contribution in [1.82, 2.24) is 10.1 Å².